The summed E-state index contributed by atoms with van der Waals surface area (Å²) in [7, 11) is 0. The highest BCUT2D eigenvalue weighted by atomic mass is 16.2. The minimum atomic E-state index is 0.0209. The standard InChI is InChI=1S/C23H35N3O/c1-2-24-23(27)22-15-20(25-19-11-5-3-4-6-12-19)16-26(22)21-13-17-9-7-8-10-18(17)14-21/h7-10,19-22,25H,2-6,11-16H2,1H3,(H,24,27)/t20-,22+/m1/s1. The molecule has 1 amide bonds. The molecule has 1 aromatic rings. The van der Waals surface area contributed by atoms with Crippen LogP contribution in [0.3, 0.4) is 0 Å². The smallest absolute Gasteiger partial charge is 0.237 e. The lowest BCUT2D eigenvalue weighted by atomic mass is 10.1. The van der Waals surface area contributed by atoms with Gasteiger partial charge in [0.15, 0.2) is 0 Å². The summed E-state index contributed by atoms with van der Waals surface area (Å²) in [6, 6.07) is 10.4. The maximum Gasteiger partial charge on any atom is 0.237 e. The van der Waals surface area contributed by atoms with Gasteiger partial charge in [-0.25, -0.2) is 0 Å². The molecule has 4 rings (SSSR count). The first-order valence-electron chi connectivity index (χ1n) is 11.1. The number of carbonyl (C=O) groups excluding carboxylic acids is 1. The quantitative estimate of drug-likeness (QED) is 0.784. The number of amides is 1. The Bertz CT molecular complexity index is 613. The van der Waals surface area contributed by atoms with Crippen molar-refractivity contribution in [2.24, 2.45) is 0 Å². The number of hydrogen-bond acceptors (Lipinski definition) is 3. The number of carbonyl (C=O) groups is 1. The second-order valence-corrected chi connectivity index (χ2v) is 8.73. The first kappa shape index (κ1) is 18.9. The fourth-order valence-electron chi connectivity index (χ4n) is 5.48. The minimum Gasteiger partial charge on any atom is -0.355 e. The predicted molar refractivity (Wildman–Crippen MR) is 110 cm³/mol. The van der Waals surface area contributed by atoms with E-state index >= 15 is 0 Å². The molecule has 2 aliphatic carbocycles. The van der Waals surface area contributed by atoms with Crippen LogP contribution in [0.1, 0.15) is 63.0 Å². The van der Waals surface area contributed by atoms with Crippen molar-refractivity contribution >= 4 is 5.91 Å². The minimum absolute atomic E-state index is 0.0209. The Morgan fingerprint density at radius 3 is 2.33 bits per heavy atom. The largest absolute Gasteiger partial charge is 0.355 e. The van der Waals surface area contributed by atoms with Gasteiger partial charge in [-0.15, -0.1) is 0 Å². The molecule has 1 aromatic carbocycles. The Morgan fingerprint density at radius 1 is 1.04 bits per heavy atom. The van der Waals surface area contributed by atoms with E-state index in [-0.39, 0.29) is 11.9 Å². The number of likely N-dealkylation sites (tertiary alicyclic amines) is 1. The zero-order valence-corrected chi connectivity index (χ0v) is 16.8. The van der Waals surface area contributed by atoms with Crippen molar-refractivity contribution in [2.75, 3.05) is 13.1 Å². The summed E-state index contributed by atoms with van der Waals surface area (Å²) in [5.74, 6) is 0.221. The van der Waals surface area contributed by atoms with Crippen LogP contribution in [0.15, 0.2) is 24.3 Å². The van der Waals surface area contributed by atoms with E-state index in [1.807, 2.05) is 6.92 Å². The number of fused-ring (bicyclic) bond motifs is 1. The lowest BCUT2D eigenvalue weighted by Crippen LogP contribution is -2.48. The number of nitrogens with zero attached hydrogens (tertiary/aromatic N) is 1. The van der Waals surface area contributed by atoms with Crippen molar-refractivity contribution in [3.05, 3.63) is 35.4 Å². The second kappa shape index (κ2) is 8.74. The SMILES string of the molecule is CCNC(=O)[C@@H]1C[C@@H](NC2CCCCCC2)CN1C1Cc2ccccc2C1. The Labute approximate surface area is 164 Å². The third kappa shape index (κ3) is 4.38. The van der Waals surface area contributed by atoms with Crippen LogP contribution in [-0.2, 0) is 17.6 Å². The van der Waals surface area contributed by atoms with Crippen LogP contribution in [0.2, 0.25) is 0 Å². The molecule has 0 unspecified atom stereocenters. The van der Waals surface area contributed by atoms with Crippen molar-refractivity contribution in [2.45, 2.75) is 88.9 Å². The summed E-state index contributed by atoms with van der Waals surface area (Å²) < 4.78 is 0. The normalized spacial score (nSPS) is 27.4. The van der Waals surface area contributed by atoms with Gasteiger partial charge in [-0.1, -0.05) is 49.9 Å². The maximum absolute atomic E-state index is 12.8. The number of likely N-dealkylation sites (N-methyl/N-ethyl adjacent to an activating group) is 1. The van der Waals surface area contributed by atoms with Crippen LogP contribution in [-0.4, -0.2) is 48.1 Å². The third-order valence-corrected chi connectivity index (χ3v) is 6.82. The molecule has 2 atom stereocenters. The molecule has 4 nitrogen and oxygen atoms in total. The van der Waals surface area contributed by atoms with Gasteiger partial charge in [0.1, 0.15) is 0 Å². The molecule has 4 heteroatoms. The van der Waals surface area contributed by atoms with Crippen molar-refractivity contribution in [3.63, 3.8) is 0 Å². The Balaban J connectivity index is 1.44. The molecule has 27 heavy (non-hydrogen) atoms. The molecule has 0 radical (unpaired) electrons. The molecule has 3 aliphatic rings. The molecule has 0 bridgehead atoms. The van der Waals surface area contributed by atoms with Crippen LogP contribution in [0, 0.1) is 0 Å². The van der Waals surface area contributed by atoms with Gasteiger partial charge in [-0.2, -0.15) is 0 Å². The maximum atomic E-state index is 12.8. The zero-order valence-electron chi connectivity index (χ0n) is 16.8. The highest BCUT2D eigenvalue weighted by Crippen LogP contribution is 2.31. The molecule has 1 saturated heterocycles. The second-order valence-electron chi connectivity index (χ2n) is 8.73. The van der Waals surface area contributed by atoms with Crippen LogP contribution in [0.25, 0.3) is 0 Å². The predicted octanol–water partition coefficient (Wildman–Crippen LogP) is 3.05. The fraction of sp³-hybridized carbons (Fsp3) is 0.696. The van der Waals surface area contributed by atoms with E-state index in [2.05, 4.69) is 39.8 Å². The highest BCUT2D eigenvalue weighted by Gasteiger charge is 2.42. The molecule has 2 fully saturated rings. The zero-order chi connectivity index (χ0) is 18.6. The van der Waals surface area contributed by atoms with Crippen LogP contribution < -0.4 is 10.6 Å². The van der Waals surface area contributed by atoms with E-state index in [4.69, 9.17) is 0 Å². The van der Waals surface area contributed by atoms with Gasteiger partial charge in [0, 0.05) is 31.2 Å². The van der Waals surface area contributed by atoms with Gasteiger partial charge in [0.25, 0.3) is 0 Å². The lowest BCUT2D eigenvalue weighted by Gasteiger charge is -2.29. The first-order valence-corrected chi connectivity index (χ1v) is 11.1. The molecule has 0 aromatic heterocycles. The van der Waals surface area contributed by atoms with Gasteiger partial charge in [-0.3, -0.25) is 9.69 Å². The molecular formula is C23H35N3O. The van der Waals surface area contributed by atoms with Crippen molar-refractivity contribution in [1.29, 1.82) is 0 Å². The van der Waals surface area contributed by atoms with E-state index in [1.165, 1.54) is 49.7 Å². The summed E-state index contributed by atoms with van der Waals surface area (Å²) in [5, 5.41) is 7.03. The summed E-state index contributed by atoms with van der Waals surface area (Å²) in [4.78, 5) is 15.3. The van der Waals surface area contributed by atoms with Crippen LogP contribution >= 0.6 is 0 Å². The van der Waals surface area contributed by atoms with E-state index < -0.39 is 0 Å². The monoisotopic (exact) mass is 369 g/mol. The van der Waals surface area contributed by atoms with Gasteiger partial charge in [0.2, 0.25) is 5.91 Å². The Hall–Kier alpha value is -1.39. The van der Waals surface area contributed by atoms with Crippen molar-refractivity contribution < 1.29 is 4.79 Å². The van der Waals surface area contributed by atoms with Crippen molar-refractivity contribution in [3.8, 4) is 0 Å². The van der Waals surface area contributed by atoms with Gasteiger partial charge < -0.3 is 10.6 Å². The fourth-order valence-corrected chi connectivity index (χ4v) is 5.48. The molecule has 0 spiro atoms. The van der Waals surface area contributed by atoms with E-state index in [0.29, 0.717) is 18.1 Å². The Kier molecular flexibility index (Phi) is 6.14. The number of rotatable bonds is 5. The van der Waals surface area contributed by atoms with Crippen LogP contribution in [0.4, 0.5) is 0 Å². The molecule has 1 saturated carbocycles. The molecule has 1 heterocycles. The van der Waals surface area contributed by atoms with Gasteiger partial charge >= 0.3 is 0 Å². The van der Waals surface area contributed by atoms with E-state index in [9.17, 15) is 4.79 Å². The van der Waals surface area contributed by atoms with E-state index in [0.717, 1.165) is 32.4 Å². The lowest BCUT2D eigenvalue weighted by molar-refractivity contribution is -0.126. The molecule has 148 valence electrons. The number of hydrogen-bond donors (Lipinski definition) is 2. The summed E-state index contributed by atoms with van der Waals surface area (Å²) >= 11 is 0. The van der Waals surface area contributed by atoms with Gasteiger partial charge in [0.05, 0.1) is 6.04 Å². The van der Waals surface area contributed by atoms with Crippen LogP contribution in [0.5, 0.6) is 0 Å². The summed E-state index contributed by atoms with van der Waals surface area (Å²) in [5.41, 5.74) is 2.94. The Morgan fingerprint density at radius 2 is 1.70 bits per heavy atom. The topological polar surface area (TPSA) is 44.4 Å². The number of nitrogens with one attached hydrogen (secondary N) is 2. The molecule has 1 aliphatic heterocycles. The van der Waals surface area contributed by atoms with Crippen molar-refractivity contribution in [1.82, 2.24) is 15.5 Å². The average molecular weight is 370 g/mol. The highest BCUT2D eigenvalue weighted by molar-refractivity contribution is 5.82. The first-order chi connectivity index (χ1) is 13.2. The average Bonchev–Trinajstić information content (AvgIpc) is 3.19. The van der Waals surface area contributed by atoms with E-state index in [1.54, 1.807) is 0 Å². The van der Waals surface area contributed by atoms with Gasteiger partial charge in [-0.05, 0) is 50.2 Å². The number of benzene rings is 1. The third-order valence-electron chi connectivity index (χ3n) is 6.82. The molecular weight excluding hydrogens is 334 g/mol. The summed E-state index contributed by atoms with van der Waals surface area (Å²) in [6.45, 7) is 3.75. The molecule has 2 N–H and O–H groups in total. The summed E-state index contributed by atoms with van der Waals surface area (Å²) in [6.07, 6.45) is 11.2.